The van der Waals surface area contributed by atoms with Gasteiger partial charge in [0.05, 0.1) is 12.1 Å². The molecular formula is C12H23NO2. The highest BCUT2D eigenvalue weighted by Gasteiger charge is 2.31. The van der Waals surface area contributed by atoms with Crippen molar-refractivity contribution in [1.82, 2.24) is 5.06 Å². The van der Waals surface area contributed by atoms with Crippen LogP contribution in [0.25, 0.3) is 0 Å². The number of hydroxylamine groups is 2. The summed E-state index contributed by atoms with van der Waals surface area (Å²) in [5.74, 6) is 0.0264. The first-order valence-corrected chi connectivity index (χ1v) is 6.11. The fourth-order valence-electron chi connectivity index (χ4n) is 2.14. The average Bonchev–Trinajstić information content (AvgIpc) is 2.55. The number of hydrogen-bond donors (Lipinski definition) is 0. The third-order valence-corrected chi connectivity index (χ3v) is 2.96. The minimum absolute atomic E-state index is 0.0264. The van der Waals surface area contributed by atoms with Crippen LogP contribution < -0.4 is 0 Å². The van der Waals surface area contributed by atoms with E-state index < -0.39 is 0 Å². The maximum Gasteiger partial charge on any atom is 0.243 e. The standard InChI is InChI=1S/C12H23NO2/c1-4-5-6-7-8-12-9-10(2)13(15-12)11(3)14/h10,12H,4-9H2,1-3H3/t10-,12-/m0/s1. The predicted octanol–water partition coefficient (Wildman–Crippen LogP) is 2.90. The first-order valence-electron chi connectivity index (χ1n) is 6.11. The van der Waals surface area contributed by atoms with Crippen molar-refractivity contribution in [2.24, 2.45) is 0 Å². The first-order chi connectivity index (χ1) is 7.15. The zero-order valence-corrected chi connectivity index (χ0v) is 10.2. The van der Waals surface area contributed by atoms with Gasteiger partial charge in [0.2, 0.25) is 5.91 Å². The van der Waals surface area contributed by atoms with Crippen molar-refractivity contribution in [2.75, 3.05) is 0 Å². The van der Waals surface area contributed by atoms with E-state index in [9.17, 15) is 4.79 Å². The van der Waals surface area contributed by atoms with E-state index in [0.717, 1.165) is 12.8 Å². The molecule has 0 N–H and O–H groups in total. The van der Waals surface area contributed by atoms with Crippen LogP contribution in [0.15, 0.2) is 0 Å². The predicted molar refractivity (Wildman–Crippen MR) is 60.2 cm³/mol. The maximum absolute atomic E-state index is 11.2. The Bertz CT molecular complexity index is 206. The molecule has 1 heterocycles. The smallest absolute Gasteiger partial charge is 0.243 e. The molecule has 1 amide bonds. The van der Waals surface area contributed by atoms with Gasteiger partial charge in [0.25, 0.3) is 0 Å². The third kappa shape index (κ3) is 3.82. The van der Waals surface area contributed by atoms with E-state index in [0.29, 0.717) is 0 Å². The zero-order chi connectivity index (χ0) is 11.3. The first kappa shape index (κ1) is 12.5. The number of amides is 1. The highest BCUT2D eigenvalue weighted by Crippen LogP contribution is 2.24. The van der Waals surface area contributed by atoms with Crippen molar-refractivity contribution in [3.8, 4) is 0 Å². The van der Waals surface area contributed by atoms with Crippen molar-refractivity contribution in [3.05, 3.63) is 0 Å². The Kier molecular flexibility index (Phi) is 5.09. The van der Waals surface area contributed by atoms with Gasteiger partial charge >= 0.3 is 0 Å². The van der Waals surface area contributed by atoms with E-state index in [1.807, 2.05) is 6.92 Å². The van der Waals surface area contributed by atoms with Gasteiger partial charge in [-0.2, -0.15) is 0 Å². The highest BCUT2D eigenvalue weighted by atomic mass is 16.7. The van der Waals surface area contributed by atoms with Gasteiger partial charge in [0.1, 0.15) is 0 Å². The Morgan fingerprint density at radius 3 is 2.67 bits per heavy atom. The van der Waals surface area contributed by atoms with E-state index in [1.54, 1.807) is 6.92 Å². The molecule has 1 fully saturated rings. The van der Waals surface area contributed by atoms with E-state index in [1.165, 1.54) is 30.7 Å². The van der Waals surface area contributed by atoms with Gasteiger partial charge in [0.15, 0.2) is 0 Å². The van der Waals surface area contributed by atoms with Crippen LogP contribution in [0, 0.1) is 0 Å². The molecule has 0 saturated carbocycles. The van der Waals surface area contributed by atoms with E-state index in [4.69, 9.17) is 4.84 Å². The van der Waals surface area contributed by atoms with Crippen LogP contribution in [0.2, 0.25) is 0 Å². The van der Waals surface area contributed by atoms with E-state index >= 15 is 0 Å². The van der Waals surface area contributed by atoms with E-state index in [2.05, 4.69) is 6.92 Å². The van der Waals surface area contributed by atoms with Gasteiger partial charge in [-0.3, -0.25) is 9.63 Å². The molecule has 88 valence electrons. The van der Waals surface area contributed by atoms with Crippen molar-refractivity contribution >= 4 is 5.91 Å². The summed E-state index contributed by atoms with van der Waals surface area (Å²) in [7, 11) is 0. The lowest BCUT2D eigenvalue weighted by Gasteiger charge is -2.17. The van der Waals surface area contributed by atoms with Crippen LogP contribution in [0.3, 0.4) is 0 Å². The molecule has 1 aliphatic rings. The topological polar surface area (TPSA) is 29.5 Å². The normalized spacial score (nSPS) is 25.9. The van der Waals surface area contributed by atoms with Crippen LogP contribution in [-0.4, -0.2) is 23.1 Å². The summed E-state index contributed by atoms with van der Waals surface area (Å²) in [5, 5.41) is 1.53. The van der Waals surface area contributed by atoms with Gasteiger partial charge in [-0.25, -0.2) is 5.06 Å². The average molecular weight is 213 g/mol. The number of unbranched alkanes of at least 4 members (excludes halogenated alkanes) is 3. The number of carbonyl (C=O) groups excluding carboxylic acids is 1. The van der Waals surface area contributed by atoms with Crippen LogP contribution in [0.4, 0.5) is 0 Å². The fourth-order valence-corrected chi connectivity index (χ4v) is 2.14. The summed E-state index contributed by atoms with van der Waals surface area (Å²) in [6.07, 6.45) is 7.42. The van der Waals surface area contributed by atoms with Crippen LogP contribution in [0.1, 0.15) is 59.3 Å². The quantitative estimate of drug-likeness (QED) is 0.657. The minimum Gasteiger partial charge on any atom is -0.273 e. The molecule has 1 saturated heterocycles. The Hall–Kier alpha value is -0.570. The van der Waals surface area contributed by atoms with Crippen molar-refractivity contribution < 1.29 is 9.63 Å². The number of nitrogens with zero attached hydrogens (tertiary/aromatic N) is 1. The van der Waals surface area contributed by atoms with Gasteiger partial charge in [-0.1, -0.05) is 32.6 Å². The van der Waals surface area contributed by atoms with E-state index in [-0.39, 0.29) is 18.1 Å². The van der Waals surface area contributed by atoms with Gasteiger partial charge in [0, 0.05) is 6.92 Å². The molecule has 15 heavy (non-hydrogen) atoms. The Morgan fingerprint density at radius 2 is 2.13 bits per heavy atom. The zero-order valence-electron chi connectivity index (χ0n) is 10.2. The SMILES string of the molecule is CCCCCC[C@H]1C[C@H](C)N(C(C)=O)O1. The van der Waals surface area contributed by atoms with Gasteiger partial charge < -0.3 is 0 Å². The largest absolute Gasteiger partial charge is 0.273 e. The lowest BCUT2D eigenvalue weighted by atomic mass is 10.0. The molecule has 0 radical (unpaired) electrons. The lowest BCUT2D eigenvalue weighted by molar-refractivity contribution is -0.185. The molecule has 0 aromatic carbocycles. The molecule has 0 unspecified atom stereocenters. The second kappa shape index (κ2) is 6.11. The Balaban J connectivity index is 2.20. The van der Waals surface area contributed by atoms with Gasteiger partial charge in [-0.05, 0) is 19.8 Å². The number of rotatable bonds is 5. The van der Waals surface area contributed by atoms with Crippen molar-refractivity contribution in [3.63, 3.8) is 0 Å². The Morgan fingerprint density at radius 1 is 1.40 bits per heavy atom. The fraction of sp³-hybridized carbons (Fsp3) is 0.917. The molecular weight excluding hydrogens is 190 g/mol. The molecule has 3 nitrogen and oxygen atoms in total. The van der Waals surface area contributed by atoms with Crippen LogP contribution in [0.5, 0.6) is 0 Å². The third-order valence-electron chi connectivity index (χ3n) is 2.96. The lowest BCUT2D eigenvalue weighted by Crippen LogP contribution is -2.30. The molecule has 0 spiro atoms. The summed E-state index contributed by atoms with van der Waals surface area (Å²) < 4.78 is 0. The Labute approximate surface area is 92.7 Å². The molecule has 1 rings (SSSR count). The second-order valence-corrected chi connectivity index (χ2v) is 4.51. The van der Waals surface area contributed by atoms with Crippen molar-refractivity contribution in [1.29, 1.82) is 0 Å². The highest BCUT2D eigenvalue weighted by molar-refractivity contribution is 5.72. The second-order valence-electron chi connectivity index (χ2n) is 4.51. The summed E-state index contributed by atoms with van der Waals surface area (Å²) in [4.78, 5) is 16.8. The molecule has 1 aliphatic heterocycles. The number of carbonyl (C=O) groups is 1. The summed E-state index contributed by atoms with van der Waals surface area (Å²) in [6.45, 7) is 5.83. The summed E-state index contributed by atoms with van der Waals surface area (Å²) in [6, 6.07) is 0.249. The monoisotopic (exact) mass is 213 g/mol. The molecule has 3 heteroatoms. The molecule has 0 aromatic heterocycles. The molecule has 0 aliphatic carbocycles. The van der Waals surface area contributed by atoms with Crippen molar-refractivity contribution in [2.45, 2.75) is 71.4 Å². The summed E-state index contributed by atoms with van der Waals surface area (Å²) in [5.41, 5.74) is 0. The molecule has 0 bridgehead atoms. The van der Waals surface area contributed by atoms with Crippen LogP contribution in [-0.2, 0) is 9.63 Å². The van der Waals surface area contributed by atoms with Crippen LogP contribution >= 0.6 is 0 Å². The maximum atomic E-state index is 11.2. The summed E-state index contributed by atoms with van der Waals surface area (Å²) >= 11 is 0. The molecule has 2 atom stereocenters. The number of hydrogen-bond acceptors (Lipinski definition) is 2. The van der Waals surface area contributed by atoms with Gasteiger partial charge in [-0.15, -0.1) is 0 Å². The minimum atomic E-state index is 0.0264. The molecule has 0 aromatic rings.